The van der Waals surface area contributed by atoms with E-state index in [-0.39, 0.29) is 0 Å². The lowest BCUT2D eigenvalue weighted by Crippen LogP contribution is -2.20. The highest BCUT2D eigenvalue weighted by atomic mass is 16.5. The number of benzene rings is 1. The molecule has 1 aromatic rings. The van der Waals surface area contributed by atoms with Gasteiger partial charge in [0.1, 0.15) is 5.75 Å². The van der Waals surface area contributed by atoms with E-state index in [1.807, 2.05) is 0 Å². The summed E-state index contributed by atoms with van der Waals surface area (Å²) < 4.78 is 6.18. The zero-order valence-electron chi connectivity index (χ0n) is 12.5. The average Bonchev–Trinajstić information content (AvgIpc) is 2.86. The van der Waals surface area contributed by atoms with Gasteiger partial charge in [0.25, 0.3) is 0 Å². The molecule has 106 valence electrons. The molecule has 0 spiro atoms. The number of ether oxygens (including phenoxy) is 1. The van der Waals surface area contributed by atoms with Crippen molar-refractivity contribution >= 4 is 0 Å². The highest BCUT2D eigenvalue weighted by Crippen LogP contribution is 2.37. The van der Waals surface area contributed by atoms with Crippen LogP contribution in [0.5, 0.6) is 5.75 Å². The Morgan fingerprint density at radius 1 is 1.26 bits per heavy atom. The Morgan fingerprint density at radius 3 is 2.74 bits per heavy atom. The van der Waals surface area contributed by atoms with Crippen LogP contribution in [0.1, 0.15) is 63.6 Å². The number of hydrogen-bond acceptors (Lipinski definition) is 2. The lowest BCUT2D eigenvalue weighted by molar-refractivity contribution is 0.191. The summed E-state index contributed by atoms with van der Waals surface area (Å²) in [6.07, 6.45) is 6.06. The molecule has 0 saturated heterocycles. The van der Waals surface area contributed by atoms with Crippen LogP contribution in [0.3, 0.4) is 0 Å². The van der Waals surface area contributed by atoms with Gasteiger partial charge in [0.05, 0.1) is 6.10 Å². The van der Waals surface area contributed by atoms with E-state index < -0.39 is 0 Å². The molecule has 19 heavy (non-hydrogen) atoms. The van der Waals surface area contributed by atoms with Crippen molar-refractivity contribution in [1.82, 2.24) is 5.32 Å². The molecule has 0 amide bonds. The predicted octanol–water partition coefficient (Wildman–Crippen LogP) is 4.24. The number of nitrogens with one attached hydrogen (secondary N) is 1. The quantitative estimate of drug-likeness (QED) is 0.792. The molecule has 0 radical (unpaired) electrons. The van der Waals surface area contributed by atoms with Gasteiger partial charge in [0, 0.05) is 6.04 Å². The molecule has 1 atom stereocenters. The Kier molecular flexibility index (Phi) is 5.26. The van der Waals surface area contributed by atoms with Crippen molar-refractivity contribution in [1.29, 1.82) is 0 Å². The first-order valence-corrected chi connectivity index (χ1v) is 7.81. The van der Waals surface area contributed by atoms with Crippen LogP contribution < -0.4 is 10.1 Å². The number of fused-ring (bicyclic) bond motifs is 1. The minimum atomic E-state index is 0.356. The van der Waals surface area contributed by atoms with Crippen LogP contribution in [-0.4, -0.2) is 12.6 Å². The van der Waals surface area contributed by atoms with E-state index in [0.717, 1.165) is 31.6 Å². The fourth-order valence-corrected chi connectivity index (χ4v) is 2.90. The van der Waals surface area contributed by atoms with E-state index >= 15 is 0 Å². The minimum absolute atomic E-state index is 0.356. The van der Waals surface area contributed by atoms with Gasteiger partial charge in [0.2, 0.25) is 0 Å². The van der Waals surface area contributed by atoms with Crippen LogP contribution >= 0.6 is 0 Å². The average molecular weight is 261 g/mol. The number of hydrogen-bond donors (Lipinski definition) is 1. The normalized spacial score (nSPS) is 17.8. The molecule has 1 aliphatic carbocycles. The summed E-state index contributed by atoms with van der Waals surface area (Å²) in [5.74, 6) is 1.12. The van der Waals surface area contributed by atoms with Crippen molar-refractivity contribution < 1.29 is 4.74 Å². The van der Waals surface area contributed by atoms with Gasteiger partial charge in [-0.3, -0.25) is 0 Å². The SMILES string of the molecule is CCCNC1CCc2c(OC(CC)CC)cccc21. The second-order valence-corrected chi connectivity index (χ2v) is 5.43. The Hall–Kier alpha value is -1.02. The molecule has 2 heteroatoms. The fourth-order valence-electron chi connectivity index (χ4n) is 2.90. The lowest BCUT2D eigenvalue weighted by atomic mass is 10.1. The van der Waals surface area contributed by atoms with Crippen LogP contribution in [-0.2, 0) is 6.42 Å². The summed E-state index contributed by atoms with van der Waals surface area (Å²) in [6.45, 7) is 7.71. The van der Waals surface area contributed by atoms with E-state index in [9.17, 15) is 0 Å². The van der Waals surface area contributed by atoms with Gasteiger partial charge in [-0.1, -0.05) is 32.9 Å². The Morgan fingerprint density at radius 2 is 2.05 bits per heavy atom. The van der Waals surface area contributed by atoms with E-state index in [1.54, 1.807) is 0 Å². The maximum absolute atomic E-state index is 6.18. The maximum atomic E-state index is 6.18. The van der Waals surface area contributed by atoms with E-state index in [4.69, 9.17) is 4.74 Å². The molecule has 0 heterocycles. The molecular formula is C17H27NO. The lowest BCUT2D eigenvalue weighted by Gasteiger charge is -2.19. The molecule has 0 fully saturated rings. The standard InChI is InChI=1S/C17H27NO/c1-4-12-18-16-11-10-15-14(16)8-7-9-17(15)19-13(5-2)6-3/h7-9,13,16,18H,4-6,10-12H2,1-3H3. The highest BCUT2D eigenvalue weighted by Gasteiger charge is 2.25. The summed E-state index contributed by atoms with van der Waals surface area (Å²) in [7, 11) is 0. The molecule has 1 N–H and O–H groups in total. The third-order valence-electron chi connectivity index (χ3n) is 4.07. The van der Waals surface area contributed by atoms with Crippen LogP contribution in [0.2, 0.25) is 0 Å². The molecule has 2 rings (SSSR count). The monoisotopic (exact) mass is 261 g/mol. The van der Waals surface area contributed by atoms with Gasteiger partial charge in [-0.25, -0.2) is 0 Å². The topological polar surface area (TPSA) is 21.3 Å². The van der Waals surface area contributed by atoms with Crippen LogP contribution in [0.25, 0.3) is 0 Å². The molecule has 0 aliphatic heterocycles. The van der Waals surface area contributed by atoms with Crippen LogP contribution in [0.15, 0.2) is 18.2 Å². The second kappa shape index (κ2) is 6.95. The van der Waals surface area contributed by atoms with Crippen LogP contribution in [0.4, 0.5) is 0 Å². The van der Waals surface area contributed by atoms with Crippen molar-refractivity contribution in [2.24, 2.45) is 0 Å². The Labute approximate surface area is 117 Å². The minimum Gasteiger partial charge on any atom is -0.490 e. The van der Waals surface area contributed by atoms with E-state index in [0.29, 0.717) is 12.1 Å². The maximum Gasteiger partial charge on any atom is 0.123 e. The van der Waals surface area contributed by atoms with Gasteiger partial charge < -0.3 is 10.1 Å². The van der Waals surface area contributed by atoms with Gasteiger partial charge in [-0.05, 0) is 55.8 Å². The first-order valence-electron chi connectivity index (χ1n) is 7.81. The predicted molar refractivity (Wildman–Crippen MR) is 80.8 cm³/mol. The van der Waals surface area contributed by atoms with Crippen LogP contribution in [0, 0.1) is 0 Å². The highest BCUT2D eigenvalue weighted by molar-refractivity contribution is 5.45. The molecule has 0 aromatic heterocycles. The summed E-state index contributed by atoms with van der Waals surface area (Å²) in [5.41, 5.74) is 2.89. The summed E-state index contributed by atoms with van der Waals surface area (Å²) in [4.78, 5) is 0. The zero-order chi connectivity index (χ0) is 13.7. The van der Waals surface area contributed by atoms with Gasteiger partial charge >= 0.3 is 0 Å². The summed E-state index contributed by atoms with van der Waals surface area (Å²) in [5, 5.41) is 3.64. The van der Waals surface area contributed by atoms with E-state index in [2.05, 4.69) is 44.3 Å². The smallest absolute Gasteiger partial charge is 0.123 e. The molecule has 2 nitrogen and oxygen atoms in total. The zero-order valence-corrected chi connectivity index (χ0v) is 12.5. The van der Waals surface area contributed by atoms with Crippen molar-refractivity contribution in [3.05, 3.63) is 29.3 Å². The number of rotatable bonds is 7. The third-order valence-corrected chi connectivity index (χ3v) is 4.07. The second-order valence-electron chi connectivity index (χ2n) is 5.43. The molecular weight excluding hydrogens is 234 g/mol. The van der Waals surface area contributed by atoms with Gasteiger partial charge in [-0.15, -0.1) is 0 Å². The van der Waals surface area contributed by atoms with Gasteiger partial charge in [-0.2, -0.15) is 0 Å². The van der Waals surface area contributed by atoms with Crippen molar-refractivity contribution in [3.63, 3.8) is 0 Å². The molecule has 1 aliphatic rings. The molecule has 0 bridgehead atoms. The van der Waals surface area contributed by atoms with E-state index in [1.165, 1.54) is 24.0 Å². The summed E-state index contributed by atoms with van der Waals surface area (Å²) in [6, 6.07) is 7.07. The fraction of sp³-hybridized carbons (Fsp3) is 0.647. The van der Waals surface area contributed by atoms with Gasteiger partial charge in [0.15, 0.2) is 0 Å². The third kappa shape index (κ3) is 3.30. The Balaban J connectivity index is 2.13. The first kappa shape index (κ1) is 14.4. The van der Waals surface area contributed by atoms with Crippen molar-refractivity contribution in [2.75, 3.05) is 6.54 Å². The first-order chi connectivity index (χ1) is 9.30. The Bertz CT molecular complexity index is 398. The molecule has 1 aromatic carbocycles. The van der Waals surface area contributed by atoms with Crippen molar-refractivity contribution in [3.8, 4) is 5.75 Å². The van der Waals surface area contributed by atoms with Crippen molar-refractivity contribution in [2.45, 2.75) is 65.0 Å². The summed E-state index contributed by atoms with van der Waals surface area (Å²) >= 11 is 0. The molecule has 1 unspecified atom stereocenters. The largest absolute Gasteiger partial charge is 0.490 e. The molecule has 0 saturated carbocycles.